The van der Waals surface area contributed by atoms with Gasteiger partial charge in [0.05, 0.1) is 19.3 Å². The van der Waals surface area contributed by atoms with E-state index in [-0.39, 0.29) is 11.9 Å². The van der Waals surface area contributed by atoms with Gasteiger partial charge in [0.25, 0.3) is 5.91 Å². The molecule has 25 heavy (non-hydrogen) atoms. The molecule has 1 fully saturated rings. The third-order valence-corrected chi connectivity index (χ3v) is 4.57. The molecule has 1 aliphatic rings. The summed E-state index contributed by atoms with van der Waals surface area (Å²) in [6.07, 6.45) is 1.95. The van der Waals surface area contributed by atoms with E-state index in [1.165, 1.54) is 0 Å². The van der Waals surface area contributed by atoms with Crippen LogP contribution in [-0.2, 0) is 4.74 Å². The van der Waals surface area contributed by atoms with E-state index in [0.29, 0.717) is 5.56 Å². The van der Waals surface area contributed by atoms with Crippen LogP contribution >= 0.6 is 0 Å². The van der Waals surface area contributed by atoms with Crippen molar-refractivity contribution in [3.05, 3.63) is 65.7 Å². The van der Waals surface area contributed by atoms with Crippen LogP contribution in [0.2, 0.25) is 0 Å². The van der Waals surface area contributed by atoms with Gasteiger partial charge in [-0.05, 0) is 30.2 Å². The summed E-state index contributed by atoms with van der Waals surface area (Å²) in [5.41, 5.74) is 2.95. The molecule has 1 heterocycles. The molecule has 1 saturated heterocycles. The lowest BCUT2D eigenvalue weighted by Gasteiger charge is -2.29. The van der Waals surface area contributed by atoms with Crippen molar-refractivity contribution in [2.75, 3.05) is 31.2 Å². The highest BCUT2D eigenvalue weighted by Crippen LogP contribution is 2.21. The first-order chi connectivity index (χ1) is 12.3. The number of carbonyl (C=O) groups is 1. The topological polar surface area (TPSA) is 41.6 Å². The zero-order chi connectivity index (χ0) is 17.5. The number of benzene rings is 2. The van der Waals surface area contributed by atoms with Crippen LogP contribution in [0.1, 0.15) is 41.7 Å². The van der Waals surface area contributed by atoms with E-state index in [0.717, 1.165) is 50.4 Å². The van der Waals surface area contributed by atoms with Crippen LogP contribution in [0.3, 0.4) is 0 Å². The van der Waals surface area contributed by atoms with Gasteiger partial charge < -0.3 is 15.0 Å². The van der Waals surface area contributed by atoms with Gasteiger partial charge in [-0.2, -0.15) is 0 Å². The molecule has 2 aromatic carbocycles. The highest BCUT2D eigenvalue weighted by atomic mass is 16.5. The molecule has 0 bridgehead atoms. The van der Waals surface area contributed by atoms with Gasteiger partial charge in [-0.15, -0.1) is 0 Å². The van der Waals surface area contributed by atoms with Crippen LogP contribution in [0, 0.1) is 0 Å². The number of hydrogen-bond acceptors (Lipinski definition) is 3. The van der Waals surface area contributed by atoms with Gasteiger partial charge in [0, 0.05) is 24.3 Å². The second kappa shape index (κ2) is 8.67. The molecule has 1 aliphatic heterocycles. The number of morpholine rings is 1. The van der Waals surface area contributed by atoms with E-state index < -0.39 is 0 Å². The van der Waals surface area contributed by atoms with Gasteiger partial charge >= 0.3 is 0 Å². The smallest absolute Gasteiger partial charge is 0.251 e. The largest absolute Gasteiger partial charge is 0.378 e. The van der Waals surface area contributed by atoms with Crippen molar-refractivity contribution in [2.45, 2.75) is 25.8 Å². The minimum atomic E-state index is -0.0163. The summed E-state index contributed by atoms with van der Waals surface area (Å²) in [4.78, 5) is 15.0. The van der Waals surface area contributed by atoms with Crippen molar-refractivity contribution in [1.29, 1.82) is 0 Å². The van der Waals surface area contributed by atoms with Crippen molar-refractivity contribution in [2.24, 2.45) is 0 Å². The summed E-state index contributed by atoms with van der Waals surface area (Å²) in [5.74, 6) is -0.0163. The van der Waals surface area contributed by atoms with Crippen molar-refractivity contribution in [3.8, 4) is 0 Å². The van der Waals surface area contributed by atoms with Crippen LogP contribution in [0.25, 0.3) is 0 Å². The van der Waals surface area contributed by atoms with Crippen LogP contribution in [0.15, 0.2) is 54.6 Å². The fourth-order valence-electron chi connectivity index (χ4n) is 3.20. The molecule has 1 atom stereocenters. The molecule has 0 aliphatic carbocycles. The Morgan fingerprint density at radius 3 is 2.60 bits per heavy atom. The molecular weight excluding hydrogens is 312 g/mol. The minimum absolute atomic E-state index is 0.0163. The predicted molar refractivity (Wildman–Crippen MR) is 101 cm³/mol. The fourth-order valence-corrected chi connectivity index (χ4v) is 3.20. The van der Waals surface area contributed by atoms with Crippen molar-refractivity contribution in [1.82, 2.24) is 5.32 Å². The molecule has 1 amide bonds. The Bertz CT molecular complexity index is 681. The number of anilines is 1. The first kappa shape index (κ1) is 17.5. The molecule has 2 aromatic rings. The summed E-state index contributed by atoms with van der Waals surface area (Å²) in [7, 11) is 0. The summed E-state index contributed by atoms with van der Waals surface area (Å²) < 4.78 is 5.41. The Morgan fingerprint density at radius 2 is 1.88 bits per heavy atom. The van der Waals surface area contributed by atoms with Gasteiger partial charge in [0.15, 0.2) is 0 Å². The van der Waals surface area contributed by atoms with Crippen molar-refractivity contribution < 1.29 is 9.53 Å². The minimum Gasteiger partial charge on any atom is -0.378 e. The Morgan fingerprint density at radius 1 is 1.12 bits per heavy atom. The summed E-state index contributed by atoms with van der Waals surface area (Å²) >= 11 is 0. The normalized spacial score (nSPS) is 15.6. The maximum Gasteiger partial charge on any atom is 0.251 e. The molecular formula is C21H26N2O2. The van der Waals surface area contributed by atoms with E-state index in [2.05, 4.69) is 35.3 Å². The van der Waals surface area contributed by atoms with Gasteiger partial charge in [-0.25, -0.2) is 0 Å². The molecule has 4 heteroatoms. The molecule has 0 spiro atoms. The lowest BCUT2D eigenvalue weighted by atomic mass is 10.0. The Balaban J connectivity index is 1.73. The molecule has 0 radical (unpaired) electrons. The molecule has 0 unspecified atom stereocenters. The average Bonchev–Trinajstić information content (AvgIpc) is 2.69. The van der Waals surface area contributed by atoms with E-state index in [1.807, 2.05) is 36.4 Å². The third-order valence-electron chi connectivity index (χ3n) is 4.57. The van der Waals surface area contributed by atoms with Crippen LogP contribution in [0.5, 0.6) is 0 Å². The standard InChI is InChI=1S/C21H26N2O2/c1-2-7-20(17-8-4-3-5-9-17)22-21(24)18-10-6-11-19(16-18)23-12-14-25-15-13-23/h3-6,8-11,16,20H,2,7,12-15H2,1H3,(H,22,24)/t20-/m1/s1. The number of rotatable bonds is 6. The molecule has 4 nitrogen and oxygen atoms in total. The maximum atomic E-state index is 12.8. The summed E-state index contributed by atoms with van der Waals surface area (Å²) in [5, 5.41) is 3.20. The highest BCUT2D eigenvalue weighted by molar-refractivity contribution is 5.95. The van der Waals surface area contributed by atoms with Crippen molar-refractivity contribution in [3.63, 3.8) is 0 Å². The molecule has 0 saturated carbocycles. The number of nitrogens with one attached hydrogen (secondary N) is 1. The quantitative estimate of drug-likeness (QED) is 0.871. The summed E-state index contributed by atoms with van der Waals surface area (Å²) in [6.45, 7) is 5.36. The van der Waals surface area contributed by atoms with Crippen LogP contribution in [-0.4, -0.2) is 32.2 Å². The monoisotopic (exact) mass is 338 g/mol. The SMILES string of the molecule is CCC[C@@H](NC(=O)c1cccc(N2CCOCC2)c1)c1ccccc1. The third kappa shape index (κ3) is 4.60. The lowest BCUT2D eigenvalue weighted by Crippen LogP contribution is -2.36. The first-order valence-electron chi connectivity index (χ1n) is 9.06. The molecule has 1 N–H and O–H groups in total. The Labute approximate surface area is 149 Å². The predicted octanol–water partition coefficient (Wildman–Crippen LogP) is 3.79. The number of amides is 1. The molecule has 3 rings (SSSR count). The van der Waals surface area contributed by atoms with Gasteiger partial charge in [-0.1, -0.05) is 49.7 Å². The van der Waals surface area contributed by atoms with Gasteiger partial charge in [-0.3, -0.25) is 4.79 Å². The van der Waals surface area contributed by atoms with Gasteiger partial charge in [0.1, 0.15) is 0 Å². The first-order valence-corrected chi connectivity index (χ1v) is 9.06. The number of nitrogens with zero attached hydrogens (tertiary/aromatic N) is 1. The van der Waals surface area contributed by atoms with Gasteiger partial charge in [0.2, 0.25) is 0 Å². The summed E-state index contributed by atoms with van der Waals surface area (Å²) in [6, 6.07) is 18.1. The van der Waals surface area contributed by atoms with E-state index >= 15 is 0 Å². The molecule has 0 aromatic heterocycles. The highest BCUT2D eigenvalue weighted by Gasteiger charge is 2.17. The van der Waals surface area contributed by atoms with E-state index in [9.17, 15) is 4.79 Å². The number of hydrogen-bond donors (Lipinski definition) is 1. The second-order valence-electron chi connectivity index (χ2n) is 6.38. The zero-order valence-electron chi connectivity index (χ0n) is 14.8. The Hall–Kier alpha value is -2.33. The second-order valence-corrected chi connectivity index (χ2v) is 6.38. The number of carbonyl (C=O) groups excluding carboxylic acids is 1. The maximum absolute atomic E-state index is 12.8. The number of ether oxygens (including phenoxy) is 1. The van der Waals surface area contributed by atoms with Crippen LogP contribution in [0.4, 0.5) is 5.69 Å². The lowest BCUT2D eigenvalue weighted by molar-refractivity contribution is 0.0934. The van der Waals surface area contributed by atoms with Crippen molar-refractivity contribution >= 4 is 11.6 Å². The average molecular weight is 338 g/mol. The van der Waals surface area contributed by atoms with E-state index in [1.54, 1.807) is 0 Å². The Kier molecular flexibility index (Phi) is 6.07. The van der Waals surface area contributed by atoms with Crippen LogP contribution < -0.4 is 10.2 Å². The molecule has 132 valence electrons. The fraction of sp³-hybridized carbons (Fsp3) is 0.381. The zero-order valence-corrected chi connectivity index (χ0v) is 14.8. The van der Waals surface area contributed by atoms with E-state index in [4.69, 9.17) is 4.74 Å².